The Morgan fingerprint density at radius 1 is 1.04 bits per heavy atom. The molecular formula is C22H27FN2O2. The highest BCUT2D eigenvalue weighted by Crippen LogP contribution is 2.22. The summed E-state index contributed by atoms with van der Waals surface area (Å²) in [5.41, 5.74) is 2.51. The van der Waals surface area contributed by atoms with Gasteiger partial charge in [0.1, 0.15) is 5.82 Å². The number of amides is 2. The van der Waals surface area contributed by atoms with E-state index in [2.05, 4.69) is 26.1 Å². The maximum absolute atomic E-state index is 13.0. The molecule has 1 N–H and O–H groups in total. The number of carbonyl (C=O) groups excluding carboxylic acids is 2. The average Bonchev–Trinajstić information content (AvgIpc) is 2.64. The second kappa shape index (κ2) is 8.33. The van der Waals surface area contributed by atoms with Gasteiger partial charge in [0.05, 0.1) is 12.6 Å². The van der Waals surface area contributed by atoms with Crippen molar-refractivity contribution in [2.24, 2.45) is 0 Å². The molecule has 1 atom stereocenters. The second-order valence-corrected chi connectivity index (χ2v) is 7.74. The molecule has 0 spiro atoms. The van der Waals surface area contributed by atoms with Gasteiger partial charge >= 0.3 is 0 Å². The van der Waals surface area contributed by atoms with Crippen LogP contribution in [-0.2, 0) is 10.2 Å². The first-order chi connectivity index (χ1) is 12.6. The number of hydrogen-bond acceptors (Lipinski definition) is 2. The van der Waals surface area contributed by atoms with E-state index in [1.54, 1.807) is 31.3 Å². The first kappa shape index (κ1) is 20.6. The molecule has 2 aromatic carbocycles. The monoisotopic (exact) mass is 370 g/mol. The molecule has 0 radical (unpaired) electrons. The van der Waals surface area contributed by atoms with Gasteiger partial charge in [0.2, 0.25) is 5.91 Å². The number of benzene rings is 2. The molecule has 27 heavy (non-hydrogen) atoms. The molecule has 144 valence electrons. The second-order valence-electron chi connectivity index (χ2n) is 7.74. The molecule has 4 nitrogen and oxygen atoms in total. The lowest BCUT2D eigenvalue weighted by Gasteiger charge is -2.25. The van der Waals surface area contributed by atoms with Gasteiger partial charge in [-0.15, -0.1) is 0 Å². The van der Waals surface area contributed by atoms with Gasteiger partial charge in [-0.25, -0.2) is 4.39 Å². The Morgan fingerprint density at radius 2 is 1.59 bits per heavy atom. The van der Waals surface area contributed by atoms with Crippen molar-refractivity contribution >= 4 is 11.8 Å². The van der Waals surface area contributed by atoms with E-state index in [0.717, 1.165) is 11.1 Å². The molecule has 0 bridgehead atoms. The Bertz CT molecular complexity index is 793. The molecule has 0 aliphatic heterocycles. The summed E-state index contributed by atoms with van der Waals surface area (Å²) in [6, 6.07) is 13.2. The van der Waals surface area contributed by atoms with E-state index in [4.69, 9.17) is 0 Å². The zero-order chi connectivity index (χ0) is 20.2. The van der Waals surface area contributed by atoms with E-state index in [0.29, 0.717) is 5.56 Å². The molecule has 0 saturated heterocycles. The van der Waals surface area contributed by atoms with Crippen LogP contribution in [0.15, 0.2) is 48.5 Å². The van der Waals surface area contributed by atoms with Gasteiger partial charge < -0.3 is 10.2 Å². The fourth-order valence-electron chi connectivity index (χ4n) is 2.69. The number of hydrogen-bond donors (Lipinski definition) is 1. The van der Waals surface area contributed by atoms with Gasteiger partial charge in [-0.3, -0.25) is 9.59 Å². The average molecular weight is 370 g/mol. The summed E-state index contributed by atoms with van der Waals surface area (Å²) in [4.78, 5) is 26.2. The van der Waals surface area contributed by atoms with E-state index in [1.165, 1.54) is 17.0 Å². The first-order valence-corrected chi connectivity index (χ1v) is 8.99. The Hall–Kier alpha value is -2.69. The lowest BCUT2D eigenvalue weighted by atomic mass is 9.87. The Kier molecular flexibility index (Phi) is 6.37. The topological polar surface area (TPSA) is 49.4 Å². The standard InChI is InChI=1S/C22H27FN2O2/c1-15(16-8-12-19(23)13-9-16)25(5)20(26)14-24-21(27)17-6-10-18(11-7-17)22(2,3)4/h6-13,15H,14H2,1-5H3,(H,24,27). The first-order valence-electron chi connectivity index (χ1n) is 8.99. The van der Waals surface area contributed by atoms with Crippen LogP contribution in [0, 0.1) is 5.82 Å². The van der Waals surface area contributed by atoms with E-state index < -0.39 is 0 Å². The SMILES string of the molecule is CC(c1ccc(F)cc1)N(C)C(=O)CNC(=O)c1ccc(C(C)(C)C)cc1. The fraction of sp³-hybridized carbons (Fsp3) is 0.364. The highest BCUT2D eigenvalue weighted by atomic mass is 19.1. The molecular weight excluding hydrogens is 343 g/mol. The molecule has 2 amide bonds. The third-order valence-corrected chi connectivity index (χ3v) is 4.74. The highest BCUT2D eigenvalue weighted by molar-refractivity contribution is 5.96. The zero-order valence-corrected chi connectivity index (χ0v) is 16.5. The minimum atomic E-state index is -0.315. The zero-order valence-electron chi connectivity index (χ0n) is 16.5. The predicted molar refractivity (Wildman–Crippen MR) is 105 cm³/mol. The molecule has 0 fully saturated rings. The van der Waals surface area contributed by atoms with E-state index >= 15 is 0 Å². The summed E-state index contributed by atoms with van der Waals surface area (Å²) in [5.74, 6) is -0.817. The molecule has 0 aliphatic carbocycles. The molecule has 0 saturated carbocycles. The third-order valence-electron chi connectivity index (χ3n) is 4.74. The molecule has 0 aromatic heterocycles. The van der Waals surface area contributed by atoms with Crippen molar-refractivity contribution in [1.29, 1.82) is 0 Å². The summed E-state index contributed by atoms with van der Waals surface area (Å²) in [6.45, 7) is 8.09. The van der Waals surface area contributed by atoms with Crippen molar-refractivity contribution in [3.05, 3.63) is 71.0 Å². The number of halogens is 1. The lowest BCUT2D eigenvalue weighted by molar-refractivity contribution is -0.130. The minimum Gasteiger partial charge on any atom is -0.343 e. The van der Waals surface area contributed by atoms with E-state index in [9.17, 15) is 14.0 Å². The summed E-state index contributed by atoms with van der Waals surface area (Å²) >= 11 is 0. The van der Waals surface area contributed by atoms with Gasteiger partial charge in [0.25, 0.3) is 5.91 Å². The van der Waals surface area contributed by atoms with Crippen LogP contribution in [0.4, 0.5) is 4.39 Å². The van der Waals surface area contributed by atoms with Crippen molar-refractivity contribution in [3.63, 3.8) is 0 Å². The van der Waals surface area contributed by atoms with Crippen molar-refractivity contribution in [1.82, 2.24) is 10.2 Å². The number of carbonyl (C=O) groups is 2. The van der Waals surface area contributed by atoms with E-state index in [-0.39, 0.29) is 35.6 Å². The van der Waals surface area contributed by atoms with Crippen molar-refractivity contribution < 1.29 is 14.0 Å². The number of nitrogens with zero attached hydrogens (tertiary/aromatic N) is 1. The molecule has 0 heterocycles. The molecule has 2 aromatic rings. The lowest BCUT2D eigenvalue weighted by Crippen LogP contribution is -2.39. The van der Waals surface area contributed by atoms with Crippen LogP contribution in [0.3, 0.4) is 0 Å². The van der Waals surface area contributed by atoms with Crippen LogP contribution < -0.4 is 5.32 Å². The Labute approximate surface area is 160 Å². The molecule has 2 rings (SSSR count). The van der Waals surface area contributed by atoms with Gasteiger partial charge in [0.15, 0.2) is 0 Å². The maximum atomic E-state index is 13.0. The number of nitrogens with one attached hydrogen (secondary N) is 1. The fourth-order valence-corrected chi connectivity index (χ4v) is 2.69. The van der Waals surface area contributed by atoms with Crippen LogP contribution in [-0.4, -0.2) is 30.3 Å². The van der Waals surface area contributed by atoms with Gasteiger partial charge in [-0.05, 0) is 47.7 Å². The minimum absolute atomic E-state index is 0.0180. The quantitative estimate of drug-likeness (QED) is 0.862. The largest absolute Gasteiger partial charge is 0.343 e. The Balaban J connectivity index is 1.93. The van der Waals surface area contributed by atoms with Gasteiger partial charge in [0, 0.05) is 12.6 Å². The van der Waals surface area contributed by atoms with Gasteiger partial charge in [-0.1, -0.05) is 45.0 Å². The Morgan fingerprint density at radius 3 is 2.11 bits per heavy atom. The van der Waals surface area contributed by atoms with Crippen LogP contribution in [0.5, 0.6) is 0 Å². The molecule has 1 unspecified atom stereocenters. The molecule has 0 aliphatic rings. The van der Waals surface area contributed by atoms with Crippen LogP contribution in [0.25, 0.3) is 0 Å². The van der Waals surface area contributed by atoms with Crippen LogP contribution >= 0.6 is 0 Å². The predicted octanol–water partition coefficient (Wildman–Crippen LogP) is 4.07. The van der Waals surface area contributed by atoms with E-state index in [1.807, 2.05) is 19.1 Å². The maximum Gasteiger partial charge on any atom is 0.251 e. The van der Waals surface area contributed by atoms with Crippen molar-refractivity contribution in [2.45, 2.75) is 39.2 Å². The van der Waals surface area contributed by atoms with Crippen LogP contribution in [0.1, 0.15) is 55.2 Å². The smallest absolute Gasteiger partial charge is 0.251 e. The summed E-state index contributed by atoms with van der Waals surface area (Å²) in [5, 5.41) is 2.66. The normalized spacial score (nSPS) is 12.4. The van der Waals surface area contributed by atoms with Gasteiger partial charge in [-0.2, -0.15) is 0 Å². The summed E-state index contributed by atoms with van der Waals surface area (Å²) in [7, 11) is 1.67. The molecule has 5 heteroatoms. The third kappa shape index (κ3) is 5.39. The highest BCUT2D eigenvalue weighted by Gasteiger charge is 2.19. The van der Waals surface area contributed by atoms with Crippen molar-refractivity contribution in [2.75, 3.05) is 13.6 Å². The van der Waals surface area contributed by atoms with Crippen molar-refractivity contribution in [3.8, 4) is 0 Å². The number of likely N-dealkylation sites (N-methyl/N-ethyl adjacent to an activating group) is 1. The summed E-state index contributed by atoms with van der Waals surface area (Å²) < 4.78 is 13.0. The van der Waals surface area contributed by atoms with Crippen LogP contribution in [0.2, 0.25) is 0 Å². The number of rotatable bonds is 5. The summed E-state index contributed by atoms with van der Waals surface area (Å²) in [6.07, 6.45) is 0.